The molecule has 0 heterocycles. The summed E-state index contributed by atoms with van der Waals surface area (Å²) in [6.45, 7) is 4.94. The number of ether oxygens (including phenoxy) is 3. The lowest BCUT2D eigenvalue weighted by atomic mass is 10.2. The van der Waals surface area contributed by atoms with Gasteiger partial charge in [0.25, 0.3) is 11.8 Å². The molecule has 0 radical (unpaired) electrons. The Kier molecular flexibility index (Phi) is 10.0. The van der Waals surface area contributed by atoms with Crippen LogP contribution in [-0.4, -0.2) is 43.4 Å². The van der Waals surface area contributed by atoms with E-state index in [9.17, 15) is 9.59 Å². The zero-order chi connectivity index (χ0) is 22.6. The summed E-state index contributed by atoms with van der Waals surface area (Å²) in [7, 11) is 0. The lowest BCUT2D eigenvalue weighted by Gasteiger charge is -2.12. The van der Waals surface area contributed by atoms with Crippen molar-refractivity contribution in [2.45, 2.75) is 13.8 Å². The Hall–Kier alpha value is -2.88. The molecule has 0 saturated heterocycles. The highest BCUT2D eigenvalue weighted by molar-refractivity contribution is 7.80. The highest BCUT2D eigenvalue weighted by Crippen LogP contribution is 2.20. The predicted octanol–water partition coefficient (Wildman–Crippen LogP) is 2.78. The summed E-state index contributed by atoms with van der Waals surface area (Å²) in [5, 5.41) is 3.02. The minimum atomic E-state index is -0.478. The Morgan fingerprint density at radius 3 is 2.55 bits per heavy atom. The van der Waals surface area contributed by atoms with Crippen molar-refractivity contribution in [1.82, 2.24) is 16.2 Å². The van der Waals surface area contributed by atoms with E-state index in [-0.39, 0.29) is 11.7 Å². The molecule has 10 heteroatoms. The molecule has 0 aliphatic carbocycles. The van der Waals surface area contributed by atoms with Crippen molar-refractivity contribution in [3.8, 4) is 11.5 Å². The van der Waals surface area contributed by atoms with Gasteiger partial charge in [0.2, 0.25) is 0 Å². The zero-order valence-corrected chi connectivity index (χ0v) is 18.8. The Morgan fingerprint density at radius 2 is 1.81 bits per heavy atom. The SMILES string of the molecule is CCOCCOc1cccc(C(=O)NC(=S)NNC(=O)COc2ccc(Cl)c(C)c2)c1. The molecule has 2 aromatic rings. The second-order valence-electron chi connectivity index (χ2n) is 6.23. The van der Waals surface area contributed by atoms with E-state index in [0.29, 0.717) is 41.9 Å². The number of hydrogen-bond acceptors (Lipinski definition) is 6. The Bertz CT molecular complexity index is 926. The van der Waals surface area contributed by atoms with Crippen LogP contribution in [0.3, 0.4) is 0 Å². The summed E-state index contributed by atoms with van der Waals surface area (Å²) in [4.78, 5) is 24.2. The van der Waals surface area contributed by atoms with Crippen LogP contribution in [0.25, 0.3) is 0 Å². The molecule has 166 valence electrons. The lowest BCUT2D eigenvalue weighted by molar-refractivity contribution is -0.123. The fraction of sp³-hybridized carbons (Fsp3) is 0.286. The number of hydrazine groups is 1. The number of amides is 2. The Morgan fingerprint density at radius 1 is 1.03 bits per heavy atom. The first-order valence-electron chi connectivity index (χ1n) is 9.48. The summed E-state index contributed by atoms with van der Waals surface area (Å²) < 4.78 is 16.1. The number of benzene rings is 2. The summed E-state index contributed by atoms with van der Waals surface area (Å²) >= 11 is 11.0. The van der Waals surface area contributed by atoms with Crippen LogP contribution in [0.1, 0.15) is 22.8 Å². The van der Waals surface area contributed by atoms with Gasteiger partial charge in [-0.2, -0.15) is 0 Å². The molecule has 0 aliphatic rings. The first-order valence-corrected chi connectivity index (χ1v) is 10.3. The van der Waals surface area contributed by atoms with Crippen LogP contribution in [0.5, 0.6) is 11.5 Å². The maximum Gasteiger partial charge on any atom is 0.276 e. The molecule has 0 aliphatic heterocycles. The molecule has 0 bridgehead atoms. The second kappa shape index (κ2) is 12.7. The standard InChI is InChI=1S/C21H24ClN3O5S/c1-3-28-9-10-29-16-6-4-5-15(12-16)20(27)23-21(31)25-24-19(26)13-30-17-7-8-18(22)14(2)11-17/h4-8,11-12H,3,9-10,13H2,1-2H3,(H,24,26)(H2,23,25,27,31). The van der Waals surface area contributed by atoms with Crippen LogP contribution in [0.2, 0.25) is 5.02 Å². The third kappa shape index (κ3) is 8.79. The summed E-state index contributed by atoms with van der Waals surface area (Å²) in [6, 6.07) is 11.7. The fourth-order valence-corrected chi connectivity index (χ4v) is 2.58. The maximum atomic E-state index is 12.3. The number of carbonyl (C=O) groups excluding carboxylic acids is 2. The minimum absolute atomic E-state index is 0.0663. The molecule has 0 aromatic heterocycles. The van der Waals surface area contributed by atoms with Crippen LogP contribution in [-0.2, 0) is 9.53 Å². The highest BCUT2D eigenvalue weighted by atomic mass is 35.5. The molecule has 0 spiro atoms. The van der Waals surface area contributed by atoms with Gasteiger partial charge in [-0.1, -0.05) is 17.7 Å². The smallest absolute Gasteiger partial charge is 0.276 e. The van der Waals surface area contributed by atoms with Gasteiger partial charge in [-0.25, -0.2) is 0 Å². The van der Waals surface area contributed by atoms with Gasteiger partial charge < -0.3 is 14.2 Å². The molecule has 3 N–H and O–H groups in total. The first kappa shape index (κ1) is 24.4. The first-order chi connectivity index (χ1) is 14.9. The quantitative estimate of drug-likeness (QED) is 0.297. The van der Waals surface area contributed by atoms with Gasteiger partial charge in [-0.3, -0.25) is 25.8 Å². The minimum Gasteiger partial charge on any atom is -0.491 e. The molecular formula is C21H24ClN3O5S. The fourth-order valence-electron chi connectivity index (χ4n) is 2.31. The second-order valence-corrected chi connectivity index (χ2v) is 7.04. The van der Waals surface area contributed by atoms with Gasteiger partial charge >= 0.3 is 0 Å². The van der Waals surface area contributed by atoms with Gasteiger partial charge in [-0.05, 0) is 68.0 Å². The van der Waals surface area contributed by atoms with Gasteiger partial charge in [0.1, 0.15) is 18.1 Å². The van der Waals surface area contributed by atoms with E-state index in [2.05, 4.69) is 16.2 Å². The van der Waals surface area contributed by atoms with Gasteiger partial charge in [0.15, 0.2) is 11.7 Å². The molecule has 0 unspecified atom stereocenters. The van der Waals surface area contributed by atoms with E-state index in [1.807, 2.05) is 13.8 Å². The van der Waals surface area contributed by atoms with E-state index in [1.165, 1.54) is 0 Å². The Labute approximate surface area is 191 Å². The van der Waals surface area contributed by atoms with Crippen molar-refractivity contribution in [3.05, 3.63) is 58.6 Å². The Balaban J connectivity index is 1.74. The van der Waals surface area contributed by atoms with Crippen LogP contribution < -0.4 is 25.6 Å². The van der Waals surface area contributed by atoms with Gasteiger partial charge in [-0.15, -0.1) is 0 Å². The van der Waals surface area contributed by atoms with Crippen molar-refractivity contribution in [1.29, 1.82) is 0 Å². The molecule has 2 aromatic carbocycles. The number of carbonyl (C=O) groups is 2. The average molecular weight is 466 g/mol. The van der Waals surface area contributed by atoms with E-state index in [1.54, 1.807) is 42.5 Å². The number of thiocarbonyl (C=S) groups is 1. The highest BCUT2D eigenvalue weighted by Gasteiger charge is 2.10. The largest absolute Gasteiger partial charge is 0.491 e. The number of nitrogens with one attached hydrogen (secondary N) is 3. The molecule has 0 fully saturated rings. The van der Waals surface area contributed by atoms with E-state index >= 15 is 0 Å². The predicted molar refractivity (Wildman–Crippen MR) is 121 cm³/mol. The number of halogens is 1. The molecule has 0 saturated carbocycles. The molecule has 2 rings (SSSR count). The molecular weight excluding hydrogens is 442 g/mol. The monoisotopic (exact) mass is 465 g/mol. The van der Waals surface area contributed by atoms with Crippen molar-refractivity contribution in [3.63, 3.8) is 0 Å². The molecule has 2 amide bonds. The van der Waals surface area contributed by atoms with Crippen LogP contribution >= 0.6 is 23.8 Å². The normalized spacial score (nSPS) is 10.2. The van der Waals surface area contributed by atoms with E-state index in [0.717, 1.165) is 5.56 Å². The van der Waals surface area contributed by atoms with Gasteiger partial charge in [0.05, 0.1) is 6.61 Å². The van der Waals surface area contributed by atoms with Crippen LogP contribution in [0, 0.1) is 6.92 Å². The third-order valence-corrected chi connectivity index (χ3v) is 4.47. The van der Waals surface area contributed by atoms with Crippen molar-refractivity contribution >= 4 is 40.7 Å². The zero-order valence-electron chi connectivity index (χ0n) is 17.2. The van der Waals surface area contributed by atoms with Crippen LogP contribution in [0.15, 0.2) is 42.5 Å². The summed E-state index contributed by atoms with van der Waals surface area (Å²) in [6.07, 6.45) is 0. The average Bonchev–Trinajstić information content (AvgIpc) is 2.76. The molecule has 31 heavy (non-hydrogen) atoms. The maximum absolute atomic E-state index is 12.3. The van der Waals surface area contributed by atoms with Crippen LogP contribution in [0.4, 0.5) is 0 Å². The number of rotatable bonds is 9. The molecule has 0 atom stereocenters. The van der Waals surface area contributed by atoms with Crippen molar-refractivity contribution in [2.24, 2.45) is 0 Å². The summed E-state index contributed by atoms with van der Waals surface area (Å²) in [5.74, 6) is 0.120. The molecule has 8 nitrogen and oxygen atoms in total. The third-order valence-electron chi connectivity index (χ3n) is 3.84. The van der Waals surface area contributed by atoms with Crippen molar-refractivity contribution in [2.75, 3.05) is 26.4 Å². The summed E-state index contributed by atoms with van der Waals surface area (Å²) in [5.41, 5.74) is 6.00. The number of hydrogen-bond donors (Lipinski definition) is 3. The van der Waals surface area contributed by atoms with Gasteiger partial charge in [0, 0.05) is 17.2 Å². The van der Waals surface area contributed by atoms with E-state index < -0.39 is 11.8 Å². The topological polar surface area (TPSA) is 97.9 Å². The van der Waals surface area contributed by atoms with E-state index in [4.69, 9.17) is 38.0 Å². The van der Waals surface area contributed by atoms with Crippen molar-refractivity contribution < 1.29 is 23.8 Å². The number of aryl methyl sites for hydroxylation is 1. The lowest BCUT2D eigenvalue weighted by Crippen LogP contribution is -2.49.